The van der Waals surface area contributed by atoms with Crippen molar-refractivity contribution >= 4 is 28.0 Å². The van der Waals surface area contributed by atoms with Crippen LogP contribution in [0, 0.1) is 0 Å². The van der Waals surface area contributed by atoms with Crippen LogP contribution in [0.1, 0.15) is 6.42 Å². The van der Waals surface area contributed by atoms with Gasteiger partial charge in [-0.3, -0.25) is 13.4 Å². The Balaban J connectivity index is 1.94. The first kappa shape index (κ1) is 19.8. The van der Waals surface area contributed by atoms with E-state index in [1.54, 1.807) is 28.9 Å². The zero-order valence-corrected chi connectivity index (χ0v) is 16.6. The quantitative estimate of drug-likeness (QED) is 0.629. The molecule has 0 aliphatic carbocycles. The molecular formula is C19H27N3O4S. The monoisotopic (exact) mass is 393 g/mol. The van der Waals surface area contributed by atoms with Gasteiger partial charge in [-0.1, -0.05) is 18.2 Å². The second-order valence-corrected chi connectivity index (χ2v) is 8.07. The number of fused-ring (bicyclic) bond motifs is 1. The van der Waals surface area contributed by atoms with Gasteiger partial charge in [0.15, 0.2) is 0 Å². The average Bonchev–Trinajstić information content (AvgIpc) is 2.91. The molecule has 0 radical (unpaired) electrons. The van der Waals surface area contributed by atoms with Gasteiger partial charge < -0.3 is 14.8 Å². The summed E-state index contributed by atoms with van der Waals surface area (Å²) in [6.07, 6.45) is 0.649. The van der Waals surface area contributed by atoms with Crippen LogP contribution < -0.4 is 18.7 Å². The minimum atomic E-state index is -3.25. The number of anilines is 3. The van der Waals surface area contributed by atoms with Gasteiger partial charge in [-0.15, -0.1) is 0 Å². The number of rotatable bonds is 8. The summed E-state index contributed by atoms with van der Waals surface area (Å²) in [6, 6.07) is 14.9. The molecule has 0 unspecified atom stereocenters. The summed E-state index contributed by atoms with van der Waals surface area (Å²) in [7, 11) is 1.88. The molecule has 0 spiro atoms. The van der Waals surface area contributed by atoms with Crippen LogP contribution in [0.2, 0.25) is 0 Å². The van der Waals surface area contributed by atoms with Gasteiger partial charge in [0.05, 0.1) is 30.3 Å². The Hall–Kier alpha value is -1.97. The molecule has 3 rings (SSSR count). The Morgan fingerprint density at radius 2 is 1.81 bits per heavy atom. The van der Waals surface area contributed by atoms with Crippen LogP contribution in [0.5, 0.6) is 5.75 Å². The predicted molar refractivity (Wildman–Crippen MR) is 111 cm³/mol. The third-order valence-electron chi connectivity index (χ3n) is 4.62. The third-order valence-corrected chi connectivity index (χ3v) is 6.49. The molecule has 7 nitrogen and oxygen atoms in total. The Labute approximate surface area is 162 Å². The number of ether oxygens (including phenoxy) is 2. The zero-order valence-electron chi connectivity index (χ0n) is 15.8. The van der Waals surface area contributed by atoms with E-state index >= 15 is 0 Å². The fraction of sp³-hybridized carbons (Fsp3) is 0.368. The lowest BCUT2D eigenvalue weighted by Crippen LogP contribution is -2.35. The minimum Gasteiger partial charge on any atom is -0.497 e. The lowest BCUT2D eigenvalue weighted by molar-refractivity contribution is 0.0984. The van der Waals surface area contributed by atoms with E-state index in [0.29, 0.717) is 30.9 Å². The topological polar surface area (TPSA) is 77.4 Å². The zero-order chi connectivity index (χ0) is 19.4. The lowest BCUT2D eigenvalue weighted by atomic mass is 10.2. The molecule has 2 aromatic carbocycles. The van der Waals surface area contributed by atoms with Crippen LogP contribution >= 0.6 is 11.0 Å². The fourth-order valence-electron chi connectivity index (χ4n) is 3.26. The smallest absolute Gasteiger partial charge is 0.121 e. The molecule has 1 atom stereocenters. The Morgan fingerprint density at radius 3 is 2.48 bits per heavy atom. The predicted octanol–water partition coefficient (Wildman–Crippen LogP) is 3.86. The maximum atomic E-state index is 11.2. The summed E-state index contributed by atoms with van der Waals surface area (Å²) >= 11 is 0. The maximum absolute atomic E-state index is 11.2. The molecule has 8 heteroatoms. The molecular weight excluding hydrogens is 366 g/mol. The van der Waals surface area contributed by atoms with Gasteiger partial charge in [0.25, 0.3) is 0 Å². The normalized spacial score (nSPS) is 17.5. The highest BCUT2D eigenvalue weighted by atomic mass is 32.3. The fourth-order valence-corrected chi connectivity index (χ4v) is 5.04. The van der Waals surface area contributed by atoms with Crippen LogP contribution in [0.25, 0.3) is 0 Å². The van der Waals surface area contributed by atoms with Crippen LogP contribution in [0.4, 0.5) is 17.1 Å². The number of likely N-dealkylation sites (N-methyl/N-ethyl adjacent to an activating group) is 1. The molecule has 0 bridgehead atoms. The molecule has 148 valence electrons. The van der Waals surface area contributed by atoms with Gasteiger partial charge >= 0.3 is 0 Å². The SMILES string of the molecule is CNC[C@H](CCN1c2ccccc2N(c2cccc(OC)c2)S1(O)O)OC. The summed E-state index contributed by atoms with van der Waals surface area (Å²) in [4.78, 5) is 0. The summed E-state index contributed by atoms with van der Waals surface area (Å²) in [5.74, 6) is 0.659. The second kappa shape index (κ2) is 8.37. The number of nitrogens with one attached hydrogen (secondary N) is 1. The molecule has 1 aliphatic rings. The van der Waals surface area contributed by atoms with Crippen molar-refractivity contribution in [1.82, 2.24) is 5.32 Å². The highest BCUT2D eigenvalue weighted by Crippen LogP contribution is 2.64. The average molecular weight is 394 g/mol. The van der Waals surface area contributed by atoms with Crippen molar-refractivity contribution < 1.29 is 18.6 Å². The van der Waals surface area contributed by atoms with Gasteiger partial charge in [-0.2, -0.15) is 0 Å². The van der Waals surface area contributed by atoms with E-state index in [2.05, 4.69) is 5.32 Å². The van der Waals surface area contributed by atoms with Crippen molar-refractivity contribution in [3.8, 4) is 5.75 Å². The van der Waals surface area contributed by atoms with E-state index in [0.717, 1.165) is 11.4 Å². The molecule has 1 aliphatic heterocycles. The van der Waals surface area contributed by atoms with Crippen LogP contribution in [-0.2, 0) is 4.74 Å². The third kappa shape index (κ3) is 3.85. The van der Waals surface area contributed by atoms with Gasteiger partial charge in [0, 0.05) is 26.3 Å². The Kier molecular flexibility index (Phi) is 6.13. The van der Waals surface area contributed by atoms with E-state index in [1.807, 2.05) is 49.5 Å². The summed E-state index contributed by atoms with van der Waals surface area (Å²) in [6.45, 7) is 1.16. The molecule has 0 saturated carbocycles. The van der Waals surface area contributed by atoms with Crippen LogP contribution in [0.15, 0.2) is 48.5 Å². The number of para-hydroxylation sites is 2. The molecule has 1 heterocycles. The van der Waals surface area contributed by atoms with E-state index in [-0.39, 0.29) is 6.10 Å². The molecule has 2 aromatic rings. The summed E-state index contributed by atoms with van der Waals surface area (Å²) < 4.78 is 36.4. The number of hydrogen-bond acceptors (Lipinski definition) is 7. The minimum absolute atomic E-state index is 0.0109. The lowest BCUT2D eigenvalue weighted by Gasteiger charge is -2.44. The highest BCUT2D eigenvalue weighted by molar-refractivity contribution is 8.27. The van der Waals surface area contributed by atoms with Crippen molar-refractivity contribution in [3.63, 3.8) is 0 Å². The van der Waals surface area contributed by atoms with E-state index in [4.69, 9.17) is 9.47 Å². The van der Waals surface area contributed by atoms with Gasteiger partial charge in [0.2, 0.25) is 0 Å². The van der Waals surface area contributed by atoms with Crippen molar-refractivity contribution in [2.45, 2.75) is 12.5 Å². The molecule has 0 aromatic heterocycles. The number of hydrogen-bond donors (Lipinski definition) is 3. The Morgan fingerprint density at radius 1 is 1.07 bits per heavy atom. The first-order chi connectivity index (χ1) is 13.0. The van der Waals surface area contributed by atoms with Crippen molar-refractivity contribution in [3.05, 3.63) is 48.5 Å². The molecule has 27 heavy (non-hydrogen) atoms. The number of benzene rings is 2. The van der Waals surface area contributed by atoms with E-state index in [1.165, 1.54) is 0 Å². The Bertz CT molecular complexity index is 774. The van der Waals surface area contributed by atoms with Crippen LogP contribution in [-0.4, -0.2) is 49.6 Å². The van der Waals surface area contributed by atoms with Crippen LogP contribution in [0.3, 0.4) is 0 Å². The summed E-state index contributed by atoms with van der Waals surface area (Å²) in [5.41, 5.74) is 2.22. The molecule has 0 amide bonds. The highest BCUT2D eigenvalue weighted by Gasteiger charge is 2.41. The van der Waals surface area contributed by atoms with E-state index < -0.39 is 11.0 Å². The van der Waals surface area contributed by atoms with Gasteiger partial charge in [-0.25, -0.2) is 4.31 Å². The number of methoxy groups -OCH3 is 2. The molecule has 0 saturated heterocycles. The van der Waals surface area contributed by atoms with Crippen molar-refractivity contribution in [1.29, 1.82) is 0 Å². The standard InChI is InChI=1S/C19H27N3O4S/c1-20-14-17(26-3)11-12-21-18-9-4-5-10-19(18)22(27(21,23)24)15-7-6-8-16(13-15)25-2/h4-10,13,17,20,23-24H,11-12,14H2,1-3H3/t17-/m0/s1. The first-order valence-corrected chi connectivity index (χ1v) is 10.3. The largest absolute Gasteiger partial charge is 0.497 e. The molecule has 3 N–H and O–H groups in total. The summed E-state index contributed by atoms with van der Waals surface area (Å²) in [5, 5.41) is 3.10. The first-order valence-electron chi connectivity index (χ1n) is 8.79. The van der Waals surface area contributed by atoms with E-state index in [9.17, 15) is 9.11 Å². The van der Waals surface area contributed by atoms with Crippen molar-refractivity contribution in [2.24, 2.45) is 0 Å². The maximum Gasteiger partial charge on any atom is 0.121 e. The number of nitrogens with zero attached hydrogens (tertiary/aromatic N) is 2. The molecule has 0 fully saturated rings. The van der Waals surface area contributed by atoms with Gasteiger partial charge in [0.1, 0.15) is 5.75 Å². The van der Waals surface area contributed by atoms with Gasteiger partial charge in [-0.05, 0) is 48.7 Å². The van der Waals surface area contributed by atoms with Crippen molar-refractivity contribution in [2.75, 3.05) is 43.0 Å². The second-order valence-electron chi connectivity index (χ2n) is 6.28.